The second-order valence-electron chi connectivity index (χ2n) is 8.10. The molecule has 2 heterocycles. The highest BCUT2D eigenvalue weighted by molar-refractivity contribution is 5.22. The summed E-state index contributed by atoms with van der Waals surface area (Å²) in [6.45, 7) is 9.97. The van der Waals surface area contributed by atoms with Crippen LogP contribution in [0.25, 0.3) is 0 Å². The van der Waals surface area contributed by atoms with Gasteiger partial charge in [-0.25, -0.2) is 0 Å². The van der Waals surface area contributed by atoms with Crippen LogP contribution in [0.2, 0.25) is 0 Å². The molecule has 0 saturated carbocycles. The smallest absolute Gasteiger partial charge is 0.0681 e. The van der Waals surface area contributed by atoms with Crippen molar-refractivity contribution in [2.45, 2.75) is 52.2 Å². The van der Waals surface area contributed by atoms with Crippen molar-refractivity contribution in [3.8, 4) is 0 Å². The minimum Gasteiger partial charge on any atom is -0.392 e. The number of H-pyrrole nitrogens is 1. The summed E-state index contributed by atoms with van der Waals surface area (Å²) in [6.07, 6.45) is 2.38. The number of rotatable bonds is 5. The largest absolute Gasteiger partial charge is 0.392 e. The molecule has 1 fully saturated rings. The summed E-state index contributed by atoms with van der Waals surface area (Å²) in [5.74, 6) is 0.718. The van der Waals surface area contributed by atoms with Crippen molar-refractivity contribution in [1.82, 2.24) is 15.1 Å². The fraction of sp³-hybridized carbons (Fsp3) is 0.550. The van der Waals surface area contributed by atoms with Crippen molar-refractivity contribution in [2.24, 2.45) is 5.92 Å². The van der Waals surface area contributed by atoms with E-state index in [9.17, 15) is 0 Å². The van der Waals surface area contributed by atoms with Crippen LogP contribution in [0.15, 0.2) is 30.3 Å². The summed E-state index contributed by atoms with van der Waals surface area (Å²) >= 11 is 0. The first-order valence-corrected chi connectivity index (χ1v) is 8.90. The van der Waals surface area contributed by atoms with Gasteiger partial charge in [-0.2, -0.15) is 5.10 Å². The predicted octanol–water partition coefficient (Wildman–Crippen LogP) is 3.26. The number of likely N-dealkylation sites (tertiary alicyclic amines) is 1. The minimum absolute atomic E-state index is 0.100. The van der Waals surface area contributed by atoms with Gasteiger partial charge in [0.1, 0.15) is 0 Å². The van der Waals surface area contributed by atoms with Gasteiger partial charge in [0.25, 0.3) is 0 Å². The first-order chi connectivity index (χ1) is 11.4. The summed E-state index contributed by atoms with van der Waals surface area (Å²) in [6, 6.07) is 10.6. The van der Waals surface area contributed by atoms with Gasteiger partial charge < -0.3 is 5.11 Å². The Morgan fingerprint density at radius 1 is 1.21 bits per heavy atom. The predicted molar refractivity (Wildman–Crippen MR) is 96.7 cm³/mol. The van der Waals surface area contributed by atoms with E-state index in [1.165, 1.54) is 17.7 Å². The number of aromatic nitrogens is 2. The van der Waals surface area contributed by atoms with Crippen LogP contribution in [0, 0.1) is 5.92 Å². The van der Waals surface area contributed by atoms with Gasteiger partial charge in [-0.1, -0.05) is 45.0 Å². The Kier molecular flexibility index (Phi) is 5.07. The maximum absolute atomic E-state index is 9.12. The molecule has 1 aromatic carbocycles. The van der Waals surface area contributed by atoms with E-state index in [0.29, 0.717) is 0 Å². The molecule has 4 heteroatoms. The van der Waals surface area contributed by atoms with Crippen molar-refractivity contribution in [1.29, 1.82) is 0 Å². The Hall–Kier alpha value is -1.65. The summed E-state index contributed by atoms with van der Waals surface area (Å²) in [5.41, 5.74) is 4.81. The third-order valence-electron chi connectivity index (χ3n) is 4.89. The van der Waals surface area contributed by atoms with Gasteiger partial charge in [0, 0.05) is 24.2 Å². The second-order valence-corrected chi connectivity index (χ2v) is 8.10. The van der Waals surface area contributed by atoms with Gasteiger partial charge in [0.15, 0.2) is 0 Å². The van der Waals surface area contributed by atoms with E-state index in [2.05, 4.69) is 54.1 Å². The molecule has 130 valence electrons. The van der Waals surface area contributed by atoms with E-state index < -0.39 is 0 Å². The van der Waals surface area contributed by atoms with Crippen molar-refractivity contribution in [2.75, 3.05) is 13.1 Å². The molecule has 1 atom stereocenters. The number of benzene rings is 1. The quantitative estimate of drug-likeness (QED) is 0.886. The molecule has 1 saturated heterocycles. The Labute approximate surface area is 144 Å². The minimum atomic E-state index is 0.100. The third-order valence-corrected chi connectivity index (χ3v) is 4.89. The van der Waals surface area contributed by atoms with Crippen LogP contribution in [0.3, 0.4) is 0 Å². The summed E-state index contributed by atoms with van der Waals surface area (Å²) < 4.78 is 0. The molecule has 1 aromatic heterocycles. The van der Waals surface area contributed by atoms with Crippen molar-refractivity contribution >= 4 is 0 Å². The second kappa shape index (κ2) is 7.08. The summed E-state index contributed by atoms with van der Waals surface area (Å²) in [7, 11) is 0. The SMILES string of the molecule is CC(C)(C)c1cc(CN2CCC(Cc3ccc(CO)cc3)C2)[nH]n1. The van der Waals surface area contributed by atoms with E-state index in [4.69, 9.17) is 5.11 Å². The molecular formula is C20H29N3O. The maximum Gasteiger partial charge on any atom is 0.0681 e. The Morgan fingerprint density at radius 3 is 2.54 bits per heavy atom. The lowest BCUT2D eigenvalue weighted by Gasteiger charge is -2.15. The lowest BCUT2D eigenvalue weighted by molar-refractivity contribution is 0.282. The fourth-order valence-corrected chi connectivity index (χ4v) is 3.40. The van der Waals surface area contributed by atoms with Crippen molar-refractivity contribution in [3.63, 3.8) is 0 Å². The number of hydrogen-bond acceptors (Lipinski definition) is 3. The number of nitrogens with zero attached hydrogens (tertiary/aromatic N) is 2. The third kappa shape index (κ3) is 4.25. The number of aliphatic hydroxyl groups is 1. The Balaban J connectivity index is 1.52. The molecule has 0 amide bonds. The topological polar surface area (TPSA) is 52.1 Å². The van der Waals surface area contributed by atoms with E-state index in [1.54, 1.807) is 0 Å². The molecule has 1 aliphatic heterocycles. The summed E-state index contributed by atoms with van der Waals surface area (Å²) in [5, 5.41) is 16.8. The number of hydrogen-bond donors (Lipinski definition) is 2. The highest BCUT2D eigenvalue weighted by Gasteiger charge is 2.24. The Morgan fingerprint density at radius 2 is 1.92 bits per heavy atom. The lowest BCUT2D eigenvalue weighted by atomic mass is 9.92. The van der Waals surface area contributed by atoms with Crippen LogP contribution < -0.4 is 0 Å². The molecule has 1 unspecified atom stereocenters. The fourth-order valence-electron chi connectivity index (χ4n) is 3.40. The number of aliphatic hydroxyl groups excluding tert-OH is 1. The van der Waals surface area contributed by atoms with E-state index in [-0.39, 0.29) is 12.0 Å². The first kappa shape index (κ1) is 17.2. The van der Waals surface area contributed by atoms with E-state index >= 15 is 0 Å². The number of aromatic amines is 1. The van der Waals surface area contributed by atoms with Gasteiger partial charge >= 0.3 is 0 Å². The van der Waals surface area contributed by atoms with Gasteiger partial charge in [-0.05, 0) is 42.5 Å². The standard InChI is InChI=1S/C20H29N3O/c1-20(2,3)19-11-18(21-22-19)13-23-9-8-17(12-23)10-15-4-6-16(14-24)7-5-15/h4-7,11,17,24H,8-10,12-14H2,1-3H3,(H,21,22). The van der Waals surface area contributed by atoms with Crippen LogP contribution >= 0.6 is 0 Å². The first-order valence-electron chi connectivity index (χ1n) is 8.90. The molecule has 24 heavy (non-hydrogen) atoms. The van der Waals surface area contributed by atoms with E-state index in [1.807, 2.05) is 12.1 Å². The molecule has 2 N–H and O–H groups in total. The molecular weight excluding hydrogens is 298 g/mol. The molecule has 0 aliphatic carbocycles. The van der Waals surface area contributed by atoms with Gasteiger partial charge in [-0.3, -0.25) is 10.00 Å². The lowest BCUT2D eigenvalue weighted by Crippen LogP contribution is -2.21. The number of nitrogens with one attached hydrogen (secondary N) is 1. The van der Waals surface area contributed by atoms with Crippen LogP contribution in [0.5, 0.6) is 0 Å². The molecule has 4 nitrogen and oxygen atoms in total. The van der Waals surface area contributed by atoms with Crippen molar-refractivity contribution in [3.05, 3.63) is 52.8 Å². The molecule has 1 aliphatic rings. The zero-order valence-electron chi connectivity index (χ0n) is 15.0. The molecule has 0 radical (unpaired) electrons. The average molecular weight is 327 g/mol. The van der Waals surface area contributed by atoms with Crippen molar-refractivity contribution < 1.29 is 5.11 Å². The zero-order valence-corrected chi connectivity index (χ0v) is 15.0. The van der Waals surface area contributed by atoms with Crippen LogP contribution in [0.1, 0.15) is 49.7 Å². The maximum atomic E-state index is 9.12. The van der Waals surface area contributed by atoms with E-state index in [0.717, 1.165) is 43.2 Å². The zero-order chi connectivity index (χ0) is 17.2. The van der Waals surface area contributed by atoms with Crippen LogP contribution in [-0.2, 0) is 25.0 Å². The normalized spacial score (nSPS) is 19.1. The van der Waals surface area contributed by atoms with Crippen LogP contribution in [-0.4, -0.2) is 33.3 Å². The molecule has 0 bridgehead atoms. The average Bonchev–Trinajstić information content (AvgIpc) is 3.18. The highest BCUT2D eigenvalue weighted by Crippen LogP contribution is 2.24. The highest BCUT2D eigenvalue weighted by atomic mass is 16.3. The van der Waals surface area contributed by atoms with Gasteiger partial charge in [0.2, 0.25) is 0 Å². The summed E-state index contributed by atoms with van der Waals surface area (Å²) in [4.78, 5) is 2.52. The molecule has 2 aromatic rings. The molecule has 0 spiro atoms. The Bertz CT molecular complexity index is 654. The monoisotopic (exact) mass is 327 g/mol. The van der Waals surface area contributed by atoms with Gasteiger partial charge in [-0.15, -0.1) is 0 Å². The van der Waals surface area contributed by atoms with Gasteiger partial charge in [0.05, 0.1) is 12.3 Å². The molecule has 3 rings (SSSR count). The van der Waals surface area contributed by atoms with Crippen LogP contribution in [0.4, 0.5) is 0 Å².